The van der Waals surface area contributed by atoms with Crippen LogP contribution in [0.5, 0.6) is 0 Å². The van der Waals surface area contributed by atoms with Gasteiger partial charge in [0.1, 0.15) is 11.5 Å². The van der Waals surface area contributed by atoms with Crippen LogP contribution in [0.4, 0.5) is 19.0 Å². The number of hydrogen-bond acceptors (Lipinski definition) is 7. The molecule has 0 radical (unpaired) electrons. The number of pyridine rings is 1. The summed E-state index contributed by atoms with van der Waals surface area (Å²) in [7, 11) is 0. The van der Waals surface area contributed by atoms with Gasteiger partial charge in [0.05, 0.1) is 0 Å². The van der Waals surface area contributed by atoms with E-state index >= 15 is 0 Å². The van der Waals surface area contributed by atoms with Crippen molar-refractivity contribution in [3.05, 3.63) is 47.9 Å². The molecule has 142 valence electrons. The summed E-state index contributed by atoms with van der Waals surface area (Å²) in [6.07, 6.45) is -2.78. The van der Waals surface area contributed by atoms with Crippen molar-refractivity contribution in [3.8, 4) is 11.5 Å². The normalized spacial score (nSPS) is 11.8. The molecule has 1 N–H and O–H groups in total. The van der Waals surface area contributed by atoms with Crippen LogP contribution in [0.1, 0.15) is 37.2 Å². The second kappa shape index (κ2) is 7.68. The Labute approximate surface area is 153 Å². The smallest absolute Gasteiger partial charge is 0.369 e. The second-order valence-corrected chi connectivity index (χ2v) is 6.05. The van der Waals surface area contributed by atoms with Crippen molar-refractivity contribution in [2.45, 2.75) is 32.4 Å². The van der Waals surface area contributed by atoms with Crippen LogP contribution in [0.2, 0.25) is 0 Å². The highest BCUT2D eigenvalue weighted by Crippen LogP contribution is 2.30. The van der Waals surface area contributed by atoms with E-state index < -0.39 is 11.9 Å². The summed E-state index contributed by atoms with van der Waals surface area (Å²) in [5.74, 6) is 1.06. The van der Waals surface area contributed by atoms with Gasteiger partial charge in [-0.3, -0.25) is 4.98 Å². The number of rotatable bonds is 6. The summed E-state index contributed by atoms with van der Waals surface area (Å²) in [6, 6.07) is 5.72. The maximum atomic E-state index is 13.2. The molecule has 0 fully saturated rings. The van der Waals surface area contributed by atoms with Crippen LogP contribution in [-0.4, -0.2) is 31.6 Å². The van der Waals surface area contributed by atoms with Crippen LogP contribution in [0.15, 0.2) is 35.0 Å². The number of alkyl halides is 3. The summed E-state index contributed by atoms with van der Waals surface area (Å²) in [4.78, 5) is 15.9. The van der Waals surface area contributed by atoms with Gasteiger partial charge in [0.15, 0.2) is 17.3 Å². The lowest BCUT2D eigenvalue weighted by Crippen LogP contribution is -2.13. The Morgan fingerprint density at radius 1 is 1.15 bits per heavy atom. The topological polar surface area (TPSA) is 89.6 Å². The molecule has 0 unspecified atom stereocenters. The average molecular weight is 378 g/mol. The van der Waals surface area contributed by atoms with Crippen molar-refractivity contribution in [2.24, 2.45) is 0 Å². The highest BCUT2D eigenvalue weighted by molar-refractivity contribution is 5.53. The lowest BCUT2D eigenvalue weighted by molar-refractivity contribution is -0.141. The molecular weight excluding hydrogens is 361 g/mol. The molecule has 0 saturated heterocycles. The quantitative estimate of drug-likeness (QED) is 0.699. The van der Waals surface area contributed by atoms with Gasteiger partial charge in [0, 0.05) is 31.1 Å². The fraction of sp³-hybridized carbons (Fsp3) is 0.353. The van der Waals surface area contributed by atoms with Gasteiger partial charge in [-0.1, -0.05) is 25.1 Å². The molecule has 3 aromatic heterocycles. The van der Waals surface area contributed by atoms with E-state index in [9.17, 15) is 13.2 Å². The maximum Gasteiger partial charge on any atom is 0.433 e. The first kappa shape index (κ1) is 18.7. The summed E-state index contributed by atoms with van der Waals surface area (Å²) >= 11 is 0. The van der Waals surface area contributed by atoms with E-state index in [1.165, 1.54) is 6.20 Å². The third kappa shape index (κ3) is 4.78. The average Bonchev–Trinajstić information content (AvgIpc) is 3.11. The number of aromatic nitrogens is 5. The summed E-state index contributed by atoms with van der Waals surface area (Å²) in [5, 5.41) is 6.69. The number of halogens is 3. The molecule has 0 atom stereocenters. The number of anilines is 1. The SMILES string of the molecule is CC(C)c1noc(CCNc2cc(C(F)(F)F)nc(-c3ccccn3)n2)n1. The third-order valence-corrected chi connectivity index (χ3v) is 3.56. The first-order valence-electron chi connectivity index (χ1n) is 8.27. The maximum absolute atomic E-state index is 13.2. The molecule has 10 heteroatoms. The third-order valence-electron chi connectivity index (χ3n) is 3.56. The van der Waals surface area contributed by atoms with Gasteiger partial charge < -0.3 is 9.84 Å². The zero-order chi connectivity index (χ0) is 19.4. The predicted octanol–water partition coefficient (Wildman–Crippen LogP) is 3.72. The molecule has 0 saturated carbocycles. The van der Waals surface area contributed by atoms with Crippen molar-refractivity contribution < 1.29 is 17.7 Å². The fourth-order valence-electron chi connectivity index (χ4n) is 2.19. The minimum absolute atomic E-state index is 0.0431. The number of hydrogen-bond donors (Lipinski definition) is 1. The Balaban J connectivity index is 1.77. The van der Waals surface area contributed by atoms with Crippen molar-refractivity contribution >= 4 is 5.82 Å². The van der Waals surface area contributed by atoms with Crippen molar-refractivity contribution in [3.63, 3.8) is 0 Å². The van der Waals surface area contributed by atoms with Crippen LogP contribution in [-0.2, 0) is 12.6 Å². The molecule has 27 heavy (non-hydrogen) atoms. The van der Waals surface area contributed by atoms with Gasteiger partial charge in [-0.15, -0.1) is 0 Å². The zero-order valence-corrected chi connectivity index (χ0v) is 14.7. The van der Waals surface area contributed by atoms with Gasteiger partial charge in [-0.25, -0.2) is 9.97 Å². The van der Waals surface area contributed by atoms with E-state index in [1.54, 1.807) is 18.2 Å². The molecule has 0 aliphatic carbocycles. The Morgan fingerprint density at radius 3 is 2.59 bits per heavy atom. The van der Waals surface area contributed by atoms with Crippen molar-refractivity contribution in [1.29, 1.82) is 0 Å². The molecule has 3 aromatic rings. The number of nitrogens with one attached hydrogen (secondary N) is 1. The van der Waals surface area contributed by atoms with E-state index in [2.05, 4.69) is 30.4 Å². The Bertz CT molecular complexity index is 895. The predicted molar refractivity (Wildman–Crippen MR) is 90.8 cm³/mol. The van der Waals surface area contributed by atoms with E-state index in [0.717, 1.165) is 6.07 Å². The molecule has 3 heterocycles. The Morgan fingerprint density at radius 2 is 1.96 bits per heavy atom. The van der Waals surface area contributed by atoms with Gasteiger partial charge in [-0.05, 0) is 12.1 Å². The minimum Gasteiger partial charge on any atom is -0.369 e. The van der Waals surface area contributed by atoms with Crippen LogP contribution < -0.4 is 5.32 Å². The van der Waals surface area contributed by atoms with E-state index in [4.69, 9.17) is 4.52 Å². The molecule has 0 amide bonds. The van der Waals surface area contributed by atoms with Crippen LogP contribution >= 0.6 is 0 Å². The Kier molecular flexibility index (Phi) is 5.33. The molecular formula is C17H17F3N6O. The van der Waals surface area contributed by atoms with Crippen LogP contribution in [0, 0.1) is 0 Å². The standard InChI is InChI=1S/C17H17F3N6O/c1-10(2)15-25-14(27-26-15)6-8-22-13-9-12(17(18,19)20)23-16(24-13)11-5-3-4-7-21-11/h3-5,7,9-10H,6,8H2,1-2H3,(H,22,23,24). The monoisotopic (exact) mass is 378 g/mol. The molecule has 0 spiro atoms. The van der Waals surface area contributed by atoms with Crippen molar-refractivity contribution in [2.75, 3.05) is 11.9 Å². The summed E-state index contributed by atoms with van der Waals surface area (Å²) in [6.45, 7) is 4.15. The van der Waals surface area contributed by atoms with E-state index in [-0.39, 0.29) is 29.8 Å². The highest BCUT2D eigenvalue weighted by atomic mass is 19.4. The molecule has 7 nitrogen and oxygen atoms in total. The first-order chi connectivity index (χ1) is 12.8. The fourth-order valence-corrected chi connectivity index (χ4v) is 2.19. The van der Waals surface area contributed by atoms with Gasteiger partial charge >= 0.3 is 6.18 Å². The molecule has 3 rings (SSSR count). The second-order valence-electron chi connectivity index (χ2n) is 6.05. The lowest BCUT2D eigenvalue weighted by Gasteiger charge is -2.11. The lowest BCUT2D eigenvalue weighted by atomic mass is 10.2. The van der Waals surface area contributed by atoms with Crippen molar-refractivity contribution in [1.82, 2.24) is 25.1 Å². The molecule has 0 aromatic carbocycles. The summed E-state index contributed by atoms with van der Waals surface area (Å²) < 4.78 is 44.6. The Hall–Kier alpha value is -3.04. The minimum atomic E-state index is -4.60. The van der Waals surface area contributed by atoms with Crippen LogP contribution in [0.3, 0.4) is 0 Å². The molecule has 0 aliphatic rings. The van der Waals surface area contributed by atoms with Crippen LogP contribution in [0.25, 0.3) is 11.5 Å². The largest absolute Gasteiger partial charge is 0.433 e. The molecule has 0 aliphatic heterocycles. The number of nitrogens with zero attached hydrogens (tertiary/aromatic N) is 5. The highest BCUT2D eigenvalue weighted by Gasteiger charge is 2.34. The summed E-state index contributed by atoms with van der Waals surface area (Å²) in [5.41, 5.74) is -0.786. The van der Waals surface area contributed by atoms with Gasteiger partial charge in [-0.2, -0.15) is 18.2 Å². The van der Waals surface area contributed by atoms with E-state index in [0.29, 0.717) is 18.1 Å². The van der Waals surface area contributed by atoms with Gasteiger partial charge in [0.25, 0.3) is 0 Å². The van der Waals surface area contributed by atoms with E-state index in [1.807, 2.05) is 13.8 Å². The van der Waals surface area contributed by atoms with Gasteiger partial charge in [0.2, 0.25) is 5.89 Å². The first-order valence-corrected chi connectivity index (χ1v) is 8.27. The zero-order valence-electron chi connectivity index (χ0n) is 14.7. The molecule has 0 bridgehead atoms.